The highest BCUT2D eigenvalue weighted by Crippen LogP contribution is 2.58. The molecule has 0 bridgehead atoms. The number of benzene rings is 3. The number of fused-ring (bicyclic) bond motifs is 3. The van der Waals surface area contributed by atoms with Crippen LogP contribution in [0.15, 0.2) is 60.7 Å². The van der Waals surface area contributed by atoms with Crippen LogP contribution in [0.5, 0.6) is 11.5 Å². The Morgan fingerprint density at radius 3 is 2.55 bits per heavy atom. The number of hydrogen-bond acceptors (Lipinski definition) is 3. The van der Waals surface area contributed by atoms with Crippen molar-refractivity contribution >= 4 is 5.97 Å². The molecular weight excluding hydrogens is 364 g/mol. The maximum atomic E-state index is 11.2. The van der Waals surface area contributed by atoms with Crippen molar-refractivity contribution in [3.63, 3.8) is 0 Å². The molecule has 0 saturated heterocycles. The molecule has 1 aliphatic carbocycles. The number of aliphatic carboxylic acids is 1. The van der Waals surface area contributed by atoms with Gasteiger partial charge in [0.1, 0.15) is 30.1 Å². The summed E-state index contributed by atoms with van der Waals surface area (Å²) in [5.41, 5.74) is 7.06. The van der Waals surface area contributed by atoms with Gasteiger partial charge < -0.3 is 14.6 Å². The maximum absolute atomic E-state index is 11.2. The number of hydrogen-bond donors (Lipinski definition) is 1. The molecule has 0 aromatic heterocycles. The number of rotatable bonds is 5. The third-order valence-electron chi connectivity index (χ3n) is 5.95. The second-order valence-electron chi connectivity index (χ2n) is 7.93. The molecule has 1 aliphatic heterocycles. The van der Waals surface area contributed by atoms with Gasteiger partial charge in [0.15, 0.2) is 0 Å². The maximum Gasteiger partial charge on any atom is 0.311 e. The summed E-state index contributed by atoms with van der Waals surface area (Å²) in [5, 5.41) is 9.18. The summed E-state index contributed by atoms with van der Waals surface area (Å²) in [6.07, 6.45) is -0.216. The van der Waals surface area contributed by atoms with Crippen molar-refractivity contribution in [1.29, 1.82) is 0 Å². The molecule has 0 amide bonds. The molecule has 4 nitrogen and oxygen atoms in total. The Balaban J connectivity index is 1.31. The summed E-state index contributed by atoms with van der Waals surface area (Å²) in [6.45, 7) is 4.73. The van der Waals surface area contributed by atoms with E-state index in [1.165, 1.54) is 22.3 Å². The normalized spacial score (nSPS) is 21.1. The molecule has 4 heteroatoms. The van der Waals surface area contributed by atoms with Crippen molar-refractivity contribution in [1.82, 2.24) is 0 Å². The number of ether oxygens (including phenoxy) is 2. The second-order valence-corrected chi connectivity index (χ2v) is 7.93. The van der Waals surface area contributed by atoms with Gasteiger partial charge in [-0.05, 0) is 53.8 Å². The third kappa shape index (κ3) is 3.05. The number of carboxylic acids is 1. The molecule has 1 saturated carbocycles. The Hall–Kier alpha value is -3.27. The van der Waals surface area contributed by atoms with Crippen molar-refractivity contribution in [2.45, 2.75) is 32.5 Å². The molecular formula is C25H22O4. The first kappa shape index (κ1) is 17.8. The minimum atomic E-state index is -0.783. The molecule has 3 unspecified atom stereocenters. The first-order chi connectivity index (χ1) is 14.0. The highest BCUT2D eigenvalue weighted by atomic mass is 16.5. The van der Waals surface area contributed by atoms with Crippen LogP contribution < -0.4 is 9.47 Å². The summed E-state index contributed by atoms with van der Waals surface area (Å²) < 4.78 is 11.8. The average Bonchev–Trinajstić information content (AvgIpc) is 3.29. The second kappa shape index (κ2) is 6.66. The highest BCUT2D eigenvalue weighted by Gasteiger charge is 2.63. The van der Waals surface area contributed by atoms with Crippen LogP contribution in [-0.4, -0.2) is 17.2 Å². The van der Waals surface area contributed by atoms with E-state index in [2.05, 4.69) is 56.3 Å². The van der Waals surface area contributed by atoms with E-state index in [-0.39, 0.29) is 12.0 Å². The lowest BCUT2D eigenvalue weighted by Gasteiger charge is -2.13. The molecule has 3 atom stereocenters. The van der Waals surface area contributed by atoms with Crippen LogP contribution >= 0.6 is 0 Å². The van der Waals surface area contributed by atoms with Crippen LogP contribution in [0.25, 0.3) is 11.1 Å². The van der Waals surface area contributed by atoms with E-state index >= 15 is 0 Å². The first-order valence-corrected chi connectivity index (χ1v) is 9.84. The summed E-state index contributed by atoms with van der Waals surface area (Å²) in [4.78, 5) is 11.2. The van der Waals surface area contributed by atoms with Crippen LogP contribution in [0, 0.1) is 19.8 Å². The zero-order chi connectivity index (χ0) is 20.1. The SMILES string of the molecule is Cc1cccc(C)c1-c1cccc(COc2ccc3c(c2)OC2C(C(=O)O)C32)c1. The highest BCUT2D eigenvalue weighted by molar-refractivity contribution is 5.79. The molecule has 0 spiro atoms. The van der Waals surface area contributed by atoms with E-state index in [1.807, 2.05) is 18.2 Å². The van der Waals surface area contributed by atoms with Crippen LogP contribution in [0.2, 0.25) is 0 Å². The molecule has 2 aliphatic rings. The van der Waals surface area contributed by atoms with E-state index in [0.29, 0.717) is 6.61 Å². The van der Waals surface area contributed by atoms with Crippen molar-refractivity contribution in [2.75, 3.05) is 0 Å². The number of carbonyl (C=O) groups is 1. The quantitative estimate of drug-likeness (QED) is 0.662. The third-order valence-corrected chi connectivity index (χ3v) is 5.95. The van der Waals surface area contributed by atoms with Gasteiger partial charge in [0.05, 0.1) is 0 Å². The van der Waals surface area contributed by atoms with Gasteiger partial charge in [-0.3, -0.25) is 4.79 Å². The van der Waals surface area contributed by atoms with E-state index in [1.54, 1.807) is 0 Å². The van der Waals surface area contributed by atoms with Crippen LogP contribution in [0.3, 0.4) is 0 Å². The lowest BCUT2D eigenvalue weighted by molar-refractivity contribution is -0.139. The van der Waals surface area contributed by atoms with Crippen molar-refractivity contribution in [3.05, 3.63) is 82.9 Å². The van der Waals surface area contributed by atoms with Gasteiger partial charge in [-0.2, -0.15) is 0 Å². The fourth-order valence-corrected chi connectivity index (χ4v) is 4.48. The van der Waals surface area contributed by atoms with Crippen LogP contribution in [-0.2, 0) is 11.4 Å². The number of carboxylic acid groups (broad SMARTS) is 1. The Bertz CT molecular complexity index is 1100. The van der Waals surface area contributed by atoms with Gasteiger partial charge in [-0.1, -0.05) is 42.5 Å². The Kier molecular flexibility index (Phi) is 4.09. The lowest BCUT2D eigenvalue weighted by Crippen LogP contribution is -2.08. The molecule has 1 fully saturated rings. The lowest BCUT2D eigenvalue weighted by atomic mass is 9.95. The van der Waals surface area contributed by atoms with E-state index in [9.17, 15) is 9.90 Å². The Labute approximate surface area is 169 Å². The monoisotopic (exact) mass is 386 g/mol. The first-order valence-electron chi connectivity index (χ1n) is 9.84. The summed E-state index contributed by atoms with van der Waals surface area (Å²) in [6, 6.07) is 20.5. The van der Waals surface area contributed by atoms with E-state index in [4.69, 9.17) is 9.47 Å². The van der Waals surface area contributed by atoms with Gasteiger partial charge in [-0.15, -0.1) is 0 Å². The topological polar surface area (TPSA) is 55.8 Å². The average molecular weight is 386 g/mol. The molecule has 29 heavy (non-hydrogen) atoms. The Morgan fingerprint density at radius 2 is 1.79 bits per heavy atom. The summed E-state index contributed by atoms with van der Waals surface area (Å²) in [7, 11) is 0. The molecule has 146 valence electrons. The summed E-state index contributed by atoms with van der Waals surface area (Å²) >= 11 is 0. The molecule has 1 N–H and O–H groups in total. The Morgan fingerprint density at radius 1 is 1.03 bits per heavy atom. The van der Waals surface area contributed by atoms with Gasteiger partial charge in [-0.25, -0.2) is 0 Å². The fourth-order valence-electron chi connectivity index (χ4n) is 4.48. The fraction of sp³-hybridized carbons (Fsp3) is 0.240. The zero-order valence-electron chi connectivity index (χ0n) is 16.4. The smallest absolute Gasteiger partial charge is 0.311 e. The van der Waals surface area contributed by atoms with Crippen LogP contribution in [0.1, 0.15) is 28.2 Å². The van der Waals surface area contributed by atoms with Crippen molar-refractivity contribution in [3.8, 4) is 22.6 Å². The summed E-state index contributed by atoms with van der Waals surface area (Å²) in [5.74, 6) is 0.288. The molecule has 5 rings (SSSR count). The van der Waals surface area contributed by atoms with E-state index < -0.39 is 11.9 Å². The molecule has 3 aromatic rings. The van der Waals surface area contributed by atoms with Crippen molar-refractivity contribution < 1.29 is 19.4 Å². The van der Waals surface area contributed by atoms with E-state index in [0.717, 1.165) is 22.6 Å². The zero-order valence-corrected chi connectivity index (χ0v) is 16.4. The minimum Gasteiger partial charge on any atom is -0.489 e. The van der Waals surface area contributed by atoms with Gasteiger partial charge >= 0.3 is 5.97 Å². The predicted octanol–water partition coefficient (Wildman–Crippen LogP) is 5.11. The standard InChI is InChI=1S/C25H22O4/c1-14-5-3-6-15(2)21(14)17-8-4-7-16(11-17)13-28-18-9-10-19-20(12-18)29-24-22(19)23(24)25(26)27/h3-12,22-24H,13H2,1-2H3,(H,26,27). The minimum absolute atomic E-state index is 0.00872. The van der Waals surface area contributed by atoms with Gasteiger partial charge in [0, 0.05) is 17.5 Å². The molecule has 3 aromatic carbocycles. The van der Waals surface area contributed by atoms with Crippen molar-refractivity contribution in [2.24, 2.45) is 5.92 Å². The van der Waals surface area contributed by atoms with Gasteiger partial charge in [0.25, 0.3) is 0 Å². The molecule has 0 radical (unpaired) electrons. The molecule has 1 heterocycles. The largest absolute Gasteiger partial charge is 0.489 e. The predicted molar refractivity (Wildman–Crippen MR) is 110 cm³/mol. The number of aryl methyl sites for hydroxylation is 2. The van der Waals surface area contributed by atoms with Gasteiger partial charge in [0.2, 0.25) is 0 Å². The van der Waals surface area contributed by atoms with Crippen LogP contribution in [0.4, 0.5) is 0 Å².